The normalized spacial score (nSPS) is 10.2. The SMILES string of the molecule is NC(=O)c1cnn(Cc2cccc(C(=O)O)n2)c1. The van der Waals surface area contributed by atoms with Crippen LogP contribution in [0.4, 0.5) is 0 Å². The van der Waals surface area contributed by atoms with E-state index in [9.17, 15) is 9.59 Å². The zero-order chi connectivity index (χ0) is 13.1. The Labute approximate surface area is 102 Å². The second-order valence-electron chi connectivity index (χ2n) is 3.61. The van der Waals surface area contributed by atoms with Gasteiger partial charge in [-0.25, -0.2) is 9.78 Å². The number of rotatable bonds is 4. The van der Waals surface area contributed by atoms with Crippen LogP contribution in [0.2, 0.25) is 0 Å². The van der Waals surface area contributed by atoms with Crippen LogP contribution < -0.4 is 5.73 Å². The molecule has 0 aromatic carbocycles. The maximum absolute atomic E-state index is 10.9. The van der Waals surface area contributed by atoms with Crippen LogP contribution in [0.15, 0.2) is 30.6 Å². The van der Waals surface area contributed by atoms with Gasteiger partial charge in [-0.15, -0.1) is 0 Å². The quantitative estimate of drug-likeness (QED) is 0.796. The molecule has 0 aliphatic rings. The van der Waals surface area contributed by atoms with Gasteiger partial charge in [-0.3, -0.25) is 9.48 Å². The van der Waals surface area contributed by atoms with Crippen molar-refractivity contribution < 1.29 is 14.7 Å². The number of aromatic nitrogens is 3. The average Bonchev–Trinajstić information content (AvgIpc) is 2.78. The van der Waals surface area contributed by atoms with Crippen LogP contribution in [0, 0.1) is 0 Å². The molecule has 3 N–H and O–H groups in total. The van der Waals surface area contributed by atoms with Gasteiger partial charge in [-0.1, -0.05) is 6.07 Å². The molecule has 0 unspecified atom stereocenters. The van der Waals surface area contributed by atoms with Crippen molar-refractivity contribution in [1.29, 1.82) is 0 Å². The van der Waals surface area contributed by atoms with Gasteiger partial charge in [0, 0.05) is 6.20 Å². The summed E-state index contributed by atoms with van der Waals surface area (Å²) in [6.45, 7) is 0.272. The molecule has 1 amide bonds. The summed E-state index contributed by atoms with van der Waals surface area (Å²) in [7, 11) is 0. The van der Waals surface area contributed by atoms with E-state index in [2.05, 4.69) is 10.1 Å². The third-order valence-corrected chi connectivity index (χ3v) is 2.27. The summed E-state index contributed by atoms with van der Waals surface area (Å²) < 4.78 is 1.47. The number of primary amides is 1. The molecular weight excluding hydrogens is 236 g/mol. The Bertz CT molecular complexity index is 606. The number of pyridine rings is 1. The molecule has 92 valence electrons. The molecule has 18 heavy (non-hydrogen) atoms. The summed E-state index contributed by atoms with van der Waals surface area (Å²) >= 11 is 0. The molecule has 0 radical (unpaired) electrons. The van der Waals surface area contributed by atoms with E-state index < -0.39 is 11.9 Å². The number of hydrogen-bond acceptors (Lipinski definition) is 4. The first-order valence-corrected chi connectivity index (χ1v) is 5.08. The third-order valence-electron chi connectivity index (χ3n) is 2.27. The van der Waals surface area contributed by atoms with E-state index >= 15 is 0 Å². The molecule has 0 fully saturated rings. The molecule has 7 heteroatoms. The number of carbonyl (C=O) groups is 2. The van der Waals surface area contributed by atoms with Crippen LogP contribution in [0.25, 0.3) is 0 Å². The van der Waals surface area contributed by atoms with Crippen molar-refractivity contribution in [1.82, 2.24) is 14.8 Å². The zero-order valence-corrected chi connectivity index (χ0v) is 9.28. The largest absolute Gasteiger partial charge is 0.477 e. The van der Waals surface area contributed by atoms with Crippen molar-refractivity contribution in [2.24, 2.45) is 5.73 Å². The lowest BCUT2D eigenvalue weighted by Gasteiger charge is -2.01. The van der Waals surface area contributed by atoms with Crippen molar-refractivity contribution in [3.05, 3.63) is 47.5 Å². The Balaban J connectivity index is 2.20. The molecule has 7 nitrogen and oxygen atoms in total. The monoisotopic (exact) mass is 246 g/mol. The molecule has 0 atom stereocenters. The predicted molar refractivity (Wildman–Crippen MR) is 61.0 cm³/mol. The van der Waals surface area contributed by atoms with Gasteiger partial charge < -0.3 is 10.8 Å². The first-order valence-electron chi connectivity index (χ1n) is 5.08. The highest BCUT2D eigenvalue weighted by molar-refractivity contribution is 5.92. The minimum Gasteiger partial charge on any atom is -0.477 e. The van der Waals surface area contributed by atoms with Gasteiger partial charge in [0.05, 0.1) is 24.0 Å². The Hall–Kier alpha value is -2.70. The fraction of sp³-hybridized carbons (Fsp3) is 0.0909. The lowest BCUT2D eigenvalue weighted by Crippen LogP contribution is -2.10. The van der Waals surface area contributed by atoms with Crippen LogP contribution in [-0.2, 0) is 6.54 Å². The average molecular weight is 246 g/mol. The number of carbonyl (C=O) groups excluding carboxylic acids is 1. The molecular formula is C11H10N4O3. The molecule has 0 saturated carbocycles. The van der Waals surface area contributed by atoms with Crippen molar-refractivity contribution in [2.45, 2.75) is 6.54 Å². The van der Waals surface area contributed by atoms with E-state index in [1.54, 1.807) is 12.1 Å². The minimum atomic E-state index is -1.09. The summed E-state index contributed by atoms with van der Waals surface area (Å²) in [6.07, 6.45) is 2.83. The Morgan fingerprint density at radius 2 is 2.17 bits per heavy atom. The summed E-state index contributed by atoms with van der Waals surface area (Å²) in [5.74, 6) is -1.65. The summed E-state index contributed by atoms with van der Waals surface area (Å²) in [5, 5.41) is 12.7. The molecule has 0 aliphatic heterocycles. The van der Waals surface area contributed by atoms with Gasteiger partial charge in [0.25, 0.3) is 5.91 Å². The van der Waals surface area contributed by atoms with E-state index in [4.69, 9.17) is 10.8 Å². The van der Waals surface area contributed by atoms with Crippen LogP contribution in [0.3, 0.4) is 0 Å². The number of aromatic carboxylic acids is 1. The summed E-state index contributed by atoms with van der Waals surface area (Å²) in [4.78, 5) is 25.6. The fourth-order valence-electron chi connectivity index (χ4n) is 1.43. The first-order chi connectivity index (χ1) is 8.56. The second kappa shape index (κ2) is 4.66. The zero-order valence-electron chi connectivity index (χ0n) is 9.28. The highest BCUT2D eigenvalue weighted by Crippen LogP contribution is 2.03. The Morgan fingerprint density at radius 3 is 2.78 bits per heavy atom. The lowest BCUT2D eigenvalue weighted by molar-refractivity contribution is 0.0690. The topological polar surface area (TPSA) is 111 Å². The highest BCUT2D eigenvalue weighted by atomic mass is 16.4. The van der Waals surface area contributed by atoms with Crippen LogP contribution in [-0.4, -0.2) is 31.7 Å². The molecule has 2 aromatic heterocycles. The van der Waals surface area contributed by atoms with E-state index in [1.165, 1.54) is 23.1 Å². The second-order valence-corrected chi connectivity index (χ2v) is 3.61. The number of hydrogen-bond donors (Lipinski definition) is 2. The number of amides is 1. The fourth-order valence-corrected chi connectivity index (χ4v) is 1.43. The number of carboxylic acid groups (broad SMARTS) is 1. The lowest BCUT2D eigenvalue weighted by atomic mass is 10.3. The standard InChI is InChI=1S/C11H10N4O3/c12-10(16)7-4-13-15(5-7)6-8-2-1-3-9(14-8)11(17)18/h1-5H,6H2,(H2,12,16)(H,17,18). The smallest absolute Gasteiger partial charge is 0.354 e. The molecule has 0 bridgehead atoms. The van der Waals surface area contributed by atoms with E-state index in [-0.39, 0.29) is 12.2 Å². The Kier molecular flexibility index (Phi) is 3.05. The molecule has 2 aromatic rings. The summed E-state index contributed by atoms with van der Waals surface area (Å²) in [6, 6.07) is 4.69. The van der Waals surface area contributed by atoms with Gasteiger partial charge in [-0.05, 0) is 12.1 Å². The van der Waals surface area contributed by atoms with E-state index in [0.717, 1.165) is 0 Å². The maximum Gasteiger partial charge on any atom is 0.354 e. The van der Waals surface area contributed by atoms with Gasteiger partial charge in [0.2, 0.25) is 0 Å². The highest BCUT2D eigenvalue weighted by Gasteiger charge is 2.07. The van der Waals surface area contributed by atoms with Crippen molar-refractivity contribution in [3.63, 3.8) is 0 Å². The first kappa shape index (κ1) is 11.8. The molecule has 0 saturated heterocycles. The van der Waals surface area contributed by atoms with Gasteiger partial charge in [-0.2, -0.15) is 5.10 Å². The Morgan fingerprint density at radius 1 is 1.39 bits per heavy atom. The predicted octanol–water partition coefficient (Wildman–Crippen LogP) is 0.123. The van der Waals surface area contributed by atoms with Gasteiger partial charge in [0.15, 0.2) is 0 Å². The van der Waals surface area contributed by atoms with Crippen molar-refractivity contribution >= 4 is 11.9 Å². The van der Waals surface area contributed by atoms with E-state index in [0.29, 0.717) is 11.3 Å². The number of carboxylic acids is 1. The third kappa shape index (κ3) is 2.51. The summed E-state index contributed by atoms with van der Waals surface area (Å²) in [5.41, 5.74) is 5.90. The molecule has 0 aliphatic carbocycles. The van der Waals surface area contributed by atoms with Crippen molar-refractivity contribution in [3.8, 4) is 0 Å². The van der Waals surface area contributed by atoms with Crippen LogP contribution >= 0.6 is 0 Å². The van der Waals surface area contributed by atoms with Gasteiger partial charge in [0.1, 0.15) is 5.69 Å². The maximum atomic E-state index is 10.9. The molecule has 0 spiro atoms. The minimum absolute atomic E-state index is 0.0326. The molecule has 2 heterocycles. The van der Waals surface area contributed by atoms with Crippen LogP contribution in [0.1, 0.15) is 26.5 Å². The van der Waals surface area contributed by atoms with Crippen LogP contribution in [0.5, 0.6) is 0 Å². The molecule has 2 rings (SSSR count). The van der Waals surface area contributed by atoms with E-state index in [1.807, 2.05) is 0 Å². The number of nitrogens with zero attached hydrogens (tertiary/aromatic N) is 3. The van der Waals surface area contributed by atoms with Crippen molar-refractivity contribution in [2.75, 3.05) is 0 Å². The number of nitrogens with two attached hydrogens (primary N) is 1. The van der Waals surface area contributed by atoms with Gasteiger partial charge >= 0.3 is 5.97 Å².